The van der Waals surface area contributed by atoms with Gasteiger partial charge in [0.2, 0.25) is 0 Å². The average molecular weight is 359 g/mol. The first-order valence-corrected chi connectivity index (χ1v) is 9.54. The van der Waals surface area contributed by atoms with Crippen molar-refractivity contribution < 1.29 is 24.9 Å². The second-order valence-electron chi connectivity index (χ2n) is 7.58. The molecule has 0 aromatic rings. The van der Waals surface area contributed by atoms with E-state index in [9.17, 15) is 15.0 Å². The summed E-state index contributed by atoms with van der Waals surface area (Å²) in [6.45, 7) is 7.98. The van der Waals surface area contributed by atoms with Crippen LogP contribution in [0.1, 0.15) is 72.6 Å². The molecular formula is C20H38O5. The molecule has 0 radical (unpaired) electrons. The Kier molecular flexibility index (Phi) is 13.8. The van der Waals surface area contributed by atoms with E-state index in [1.807, 2.05) is 13.0 Å². The lowest BCUT2D eigenvalue weighted by molar-refractivity contribution is -0.148. The maximum Gasteiger partial charge on any atom is 0.309 e. The highest BCUT2D eigenvalue weighted by atomic mass is 16.5. The maximum absolute atomic E-state index is 11.6. The summed E-state index contributed by atoms with van der Waals surface area (Å²) in [6.07, 6.45) is 6.69. The molecule has 148 valence electrons. The number of rotatable bonds is 14. The Labute approximate surface area is 153 Å². The summed E-state index contributed by atoms with van der Waals surface area (Å²) in [5, 5.41) is 27.3. The van der Waals surface area contributed by atoms with Crippen LogP contribution in [0.5, 0.6) is 0 Å². The van der Waals surface area contributed by atoms with Gasteiger partial charge in [0.15, 0.2) is 0 Å². The van der Waals surface area contributed by atoms with Crippen molar-refractivity contribution in [3.05, 3.63) is 11.6 Å². The number of hydrogen-bond acceptors (Lipinski definition) is 5. The Hall–Kier alpha value is -0.910. The molecule has 3 N–H and O–H groups in total. The summed E-state index contributed by atoms with van der Waals surface area (Å²) in [7, 11) is 0. The summed E-state index contributed by atoms with van der Waals surface area (Å²) in [5.41, 5.74) is 1.17. The van der Waals surface area contributed by atoms with Crippen LogP contribution in [0.3, 0.4) is 0 Å². The van der Waals surface area contributed by atoms with Gasteiger partial charge in [-0.05, 0) is 31.6 Å². The predicted molar refractivity (Wildman–Crippen MR) is 100 cm³/mol. The number of ether oxygens (including phenoxy) is 1. The van der Waals surface area contributed by atoms with Crippen molar-refractivity contribution in [1.29, 1.82) is 0 Å². The normalized spacial score (nSPS) is 15.9. The number of carbonyl (C=O) groups excluding carboxylic acids is 1. The molecule has 0 saturated carbocycles. The van der Waals surface area contributed by atoms with E-state index in [1.54, 1.807) is 0 Å². The smallest absolute Gasteiger partial charge is 0.309 e. The van der Waals surface area contributed by atoms with Crippen molar-refractivity contribution in [2.45, 2.75) is 84.8 Å². The molecule has 0 aliphatic rings. The van der Waals surface area contributed by atoms with Gasteiger partial charge in [-0.15, -0.1) is 0 Å². The third-order valence-electron chi connectivity index (χ3n) is 4.41. The van der Waals surface area contributed by atoms with Crippen LogP contribution < -0.4 is 0 Å². The van der Waals surface area contributed by atoms with E-state index in [4.69, 9.17) is 9.84 Å². The number of hydrogen-bond donors (Lipinski definition) is 3. The molecule has 3 atom stereocenters. The first-order chi connectivity index (χ1) is 11.8. The Balaban J connectivity index is 3.84. The van der Waals surface area contributed by atoms with Crippen molar-refractivity contribution in [1.82, 2.24) is 0 Å². The molecule has 0 spiro atoms. The number of allylic oxidation sites excluding steroid dienone is 1. The Morgan fingerprint density at radius 2 is 1.68 bits per heavy atom. The molecule has 5 nitrogen and oxygen atoms in total. The van der Waals surface area contributed by atoms with E-state index in [-0.39, 0.29) is 13.0 Å². The Morgan fingerprint density at radius 1 is 1.04 bits per heavy atom. The molecule has 5 heteroatoms. The Morgan fingerprint density at radius 3 is 2.28 bits per heavy atom. The van der Waals surface area contributed by atoms with Crippen molar-refractivity contribution in [3.8, 4) is 0 Å². The zero-order valence-electron chi connectivity index (χ0n) is 16.4. The highest BCUT2D eigenvalue weighted by molar-refractivity contribution is 5.71. The highest BCUT2D eigenvalue weighted by Crippen LogP contribution is 2.19. The zero-order chi connectivity index (χ0) is 19.2. The van der Waals surface area contributed by atoms with Gasteiger partial charge in [0.1, 0.15) is 18.8 Å². The first-order valence-electron chi connectivity index (χ1n) is 9.54. The van der Waals surface area contributed by atoms with E-state index < -0.39 is 24.8 Å². The summed E-state index contributed by atoms with van der Waals surface area (Å²) in [4.78, 5) is 11.6. The molecule has 0 rings (SSSR count). The van der Waals surface area contributed by atoms with Crippen LogP contribution >= 0.6 is 0 Å². The molecule has 25 heavy (non-hydrogen) atoms. The third kappa shape index (κ3) is 14.0. The van der Waals surface area contributed by atoms with Gasteiger partial charge in [0, 0.05) is 0 Å². The second kappa shape index (κ2) is 14.3. The van der Waals surface area contributed by atoms with Gasteiger partial charge in [-0.2, -0.15) is 0 Å². The van der Waals surface area contributed by atoms with Gasteiger partial charge in [0.25, 0.3) is 0 Å². The fourth-order valence-electron chi connectivity index (χ4n) is 2.58. The van der Waals surface area contributed by atoms with Gasteiger partial charge in [-0.3, -0.25) is 4.79 Å². The summed E-state index contributed by atoms with van der Waals surface area (Å²) in [5.74, 6) is 1.09. The monoisotopic (exact) mass is 358 g/mol. The van der Waals surface area contributed by atoms with Crippen LogP contribution in [0.15, 0.2) is 11.6 Å². The fraction of sp³-hybridized carbons (Fsp3) is 0.850. The zero-order valence-corrected chi connectivity index (χ0v) is 16.4. The van der Waals surface area contributed by atoms with Crippen LogP contribution in [-0.4, -0.2) is 46.7 Å². The lowest BCUT2D eigenvalue weighted by Gasteiger charge is -2.15. The van der Waals surface area contributed by atoms with Gasteiger partial charge < -0.3 is 20.1 Å². The molecule has 0 amide bonds. The molecule has 0 aromatic carbocycles. The van der Waals surface area contributed by atoms with Crippen molar-refractivity contribution in [2.75, 3.05) is 13.2 Å². The van der Waals surface area contributed by atoms with Gasteiger partial charge in [0.05, 0.1) is 13.0 Å². The molecule has 1 unspecified atom stereocenters. The molecule has 0 fully saturated rings. The summed E-state index contributed by atoms with van der Waals surface area (Å²) < 4.78 is 4.88. The van der Waals surface area contributed by atoms with Gasteiger partial charge >= 0.3 is 5.97 Å². The van der Waals surface area contributed by atoms with Crippen molar-refractivity contribution in [2.24, 2.45) is 11.8 Å². The molecule has 0 heterocycles. The SMILES string of the molecule is C/C(=C\CC(=O)OC[C@H](O)[C@H](O)CO)CCCC(C)CCCC(C)C. The van der Waals surface area contributed by atoms with Crippen LogP contribution in [0.2, 0.25) is 0 Å². The Bertz CT molecular complexity index is 378. The number of aliphatic hydroxyl groups excluding tert-OH is 3. The van der Waals surface area contributed by atoms with E-state index in [2.05, 4.69) is 20.8 Å². The lowest BCUT2D eigenvalue weighted by Crippen LogP contribution is -2.34. The topological polar surface area (TPSA) is 87.0 Å². The van der Waals surface area contributed by atoms with E-state index in [0.717, 1.165) is 24.7 Å². The summed E-state index contributed by atoms with van der Waals surface area (Å²) in [6, 6.07) is 0. The number of aliphatic hydroxyl groups is 3. The minimum atomic E-state index is -1.28. The van der Waals surface area contributed by atoms with Crippen LogP contribution in [0.4, 0.5) is 0 Å². The van der Waals surface area contributed by atoms with E-state index in [0.29, 0.717) is 0 Å². The maximum atomic E-state index is 11.6. The molecular weight excluding hydrogens is 320 g/mol. The molecule has 0 bridgehead atoms. The van der Waals surface area contributed by atoms with Crippen LogP contribution in [0, 0.1) is 11.8 Å². The first kappa shape index (κ1) is 24.1. The third-order valence-corrected chi connectivity index (χ3v) is 4.41. The van der Waals surface area contributed by atoms with E-state index in [1.165, 1.54) is 31.3 Å². The number of carbonyl (C=O) groups is 1. The molecule has 0 aliphatic heterocycles. The molecule has 0 aliphatic carbocycles. The lowest BCUT2D eigenvalue weighted by atomic mass is 9.94. The average Bonchev–Trinajstić information content (AvgIpc) is 2.56. The predicted octanol–water partition coefficient (Wildman–Crippen LogP) is 3.21. The largest absolute Gasteiger partial charge is 0.463 e. The van der Waals surface area contributed by atoms with E-state index >= 15 is 0 Å². The number of esters is 1. The quantitative estimate of drug-likeness (QED) is 0.328. The minimum Gasteiger partial charge on any atom is -0.463 e. The minimum absolute atomic E-state index is 0.164. The van der Waals surface area contributed by atoms with Crippen molar-refractivity contribution >= 4 is 5.97 Å². The summed E-state index contributed by atoms with van der Waals surface area (Å²) >= 11 is 0. The second-order valence-corrected chi connectivity index (χ2v) is 7.58. The fourth-order valence-corrected chi connectivity index (χ4v) is 2.58. The molecule has 0 saturated heterocycles. The standard InChI is InChI=1S/C20H38O5/c1-15(2)7-5-8-16(3)9-6-10-17(4)11-12-20(24)25-14-19(23)18(22)13-21/h11,15-16,18-19,21-23H,5-10,12-14H2,1-4H3/b17-11+/t16?,18-,19+/m1/s1. The highest BCUT2D eigenvalue weighted by Gasteiger charge is 2.16. The van der Waals surface area contributed by atoms with Crippen LogP contribution in [-0.2, 0) is 9.53 Å². The van der Waals surface area contributed by atoms with Gasteiger partial charge in [-0.1, -0.05) is 58.1 Å². The van der Waals surface area contributed by atoms with Gasteiger partial charge in [-0.25, -0.2) is 0 Å². The van der Waals surface area contributed by atoms with Crippen LogP contribution in [0.25, 0.3) is 0 Å². The van der Waals surface area contributed by atoms with Crippen molar-refractivity contribution in [3.63, 3.8) is 0 Å². The molecule has 0 aromatic heterocycles.